The van der Waals surface area contributed by atoms with Crippen molar-refractivity contribution in [2.75, 3.05) is 0 Å². The zero-order valence-electron chi connectivity index (χ0n) is 23.6. The molecular weight excluding hydrogens is 384 g/mol. The van der Waals surface area contributed by atoms with Crippen molar-refractivity contribution in [2.24, 2.45) is 51.2 Å². The summed E-state index contributed by atoms with van der Waals surface area (Å²) in [7, 11) is 0. The van der Waals surface area contributed by atoms with Gasteiger partial charge < -0.3 is 0 Å². The molecule has 3 aliphatic carbocycles. The first-order chi connectivity index (χ1) is 14.9. The molecule has 0 bridgehead atoms. The van der Waals surface area contributed by atoms with Gasteiger partial charge in [0.2, 0.25) is 0 Å². The van der Waals surface area contributed by atoms with Gasteiger partial charge in [0.05, 0.1) is 0 Å². The van der Waals surface area contributed by atoms with Crippen molar-refractivity contribution in [2.45, 2.75) is 139 Å². The van der Waals surface area contributed by atoms with Crippen LogP contribution in [0, 0.1) is 51.2 Å². The molecule has 0 N–H and O–H groups in total. The summed E-state index contributed by atoms with van der Waals surface area (Å²) in [6, 6.07) is 0. The highest BCUT2D eigenvalue weighted by Gasteiger charge is 2.59. The number of hydrogen-bond acceptors (Lipinski definition) is 0. The minimum absolute atomic E-state index is 0.479. The Kier molecular flexibility index (Phi) is 7.75. The smallest absolute Gasteiger partial charge is 0.0261 e. The van der Waals surface area contributed by atoms with Gasteiger partial charge in [0.1, 0.15) is 0 Å². The maximum Gasteiger partial charge on any atom is -0.0261 e. The SMILES string of the molecule is C=C(C)CCCC1(CC)CCC2(C)C(CCC(C3(C)CCC(C)C(C)(C)C3CC)C2C)C1. The summed E-state index contributed by atoms with van der Waals surface area (Å²) in [6.45, 7) is 27.2. The monoisotopic (exact) mass is 442 g/mol. The second-order valence-corrected chi connectivity index (χ2v) is 14.3. The molecule has 0 heteroatoms. The quantitative estimate of drug-likeness (QED) is 0.344. The Bertz CT molecular complexity index is 657. The third-order valence-corrected chi connectivity index (χ3v) is 12.7. The summed E-state index contributed by atoms with van der Waals surface area (Å²) in [5, 5.41) is 0. The Morgan fingerprint density at radius 3 is 2.19 bits per heavy atom. The summed E-state index contributed by atoms with van der Waals surface area (Å²) >= 11 is 0. The van der Waals surface area contributed by atoms with E-state index in [-0.39, 0.29) is 0 Å². The molecular formula is C32H58. The maximum absolute atomic E-state index is 4.16. The largest absolute Gasteiger partial charge is 0.100 e. The molecule has 3 rings (SSSR count). The number of rotatable bonds is 7. The van der Waals surface area contributed by atoms with Gasteiger partial charge in [-0.15, -0.1) is 6.58 Å². The first-order valence-electron chi connectivity index (χ1n) is 14.5. The molecule has 0 aromatic carbocycles. The second kappa shape index (κ2) is 9.41. The molecule has 0 saturated heterocycles. The fourth-order valence-corrected chi connectivity index (χ4v) is 9.81. The highest BCUT2D eigenvalue weighted by molar-refractivity contribution is 5.08. The van der Waals surface area contributed by atoms with Gasteiger partial charge in [-0.1, -0.05) is 73.8 Å². The van der Waals surface area contributed by atoms with E-state index in [9.17, 15) is 0 Å². The third kappa shape index (κ3) is 4.40. The molecule has 0 nitrogen and oxygen atoms in total. The minimum atomic E-state index is 0.479. The van der Waals surface area contributed by atoms with E-state index in [0.717, 1.165) is 29.6 Å². The van der Waals surface area contributed by atoms with Crippen LogP contribution in [0.25, 0.3) is 0 Å². The van der Waals surface area contributed by atoms with Crippen molar-refractivity contribution in [3.8, 4) is 0 Å². The Hall–Kier alpha value is -0.260. The number of allylic oxidation sites excluding steroid dienone is 1. The van der Waals surface area contributed by atoms with Gasteiger partial charge in [-0.05, 0) is 122 Å². The van der Waals surface area contributed by atoms with Crippen molar-refractivity contribution in [1.82, 2.24) is 0 Å². The summed E-state index contributed by atoms with van der Waals surface area (Å²) < 4.78 is 0. The van der Waals surface area contributed by atoms with Crippen LogP contribution >= 0.6 is 0 Å². The van der Waals surface area contributed by atoms with E-state index in [0.29, 0.717) is 21.7 Å². The topological polar surface area (TPSA) is 0 Å². The van der Waals surface area contributed by atoms with Gasteiger partial charge in [0.25, 0.3) is 0 Å². The van der Waals surface area contributed by atoms with E-state index in [2.05, 4.69) is 68.9 Å². The van der Waals surface area contributed by atoms with E-state index in [4.69, 9.17) is 0 Å². The molecule has 0 aromatic rings. The van der Waals surface area contributed by atoms with Crippen LogP contribution in [0.5, 0.6) is 0 Å². The van der Waals surface area contributed by atoms with E-state index in [1.54, 1.807) is 0 Å². The van der Waals surface area contributed by atoms with Crippen LogP contribution in [-0.2, 0) is 0 Å². The molecule has 3 fully saturated rings. The zero-order chi connectivity index (χ0) is 23.9. The Balaban J connectivity index is 1.80. The number of hydrogen-bond donors (Lipinski definition) is 0. The average Bonchev–Trinajstić information content (AvgIpc) is 2.72. The van der Waals surface area contributed by atoms with Crippen LogP contribution < -0.4 is 0 Å². The second-order valence-electron chi connectivity index (χ2n) is 14.3. The van der Waals surface area contributed by atoms with Gasteiger partial charge in [0.15, 0.2) is 0 Å². The summed E-state index contributed by atoms with van der Waals surface area (Å²) in [6.07, 6.45) is 17.1. The van der Waals surface area contributed by atoms with Crippen molar-refractivity contribution in [3.05, 3.63) is 12.2 Å². The van der Waals surface area contributed by atoms with Gasteiger partial charge in [-0.25, -0.2) is 0 Å². The fourth-order valence-electron chi connectivity index (χ4n) is 9.81. The lowest BCUT2D eigenvalue weighted by Gasteiger charge is -2.64. The highest BCUT2D eigenvalue weighted by atomic mass is 14.6. The molecule has 0 radical (unpaired) electrons. The molecule has 0 spiro atoms. The Morgan fingerprint density at radius 1 is 0.906 bits per heavy atom. The van der Waals surface area contributed by atoms with Gasteiger partial charge in [-0.2, -0.15) is 0 Å². The molecule has 0 aliphatic heterocycles. The molecule has 8 unspecified atom stereocenters. The molecule has 3 aliphatic rings. The normalized spacial score (nSPS) is 46.5. The van der Waals surface area contributed by atoms with Crippen molar-refractivity contribution < 1.29 is 0 Å². The molecule has 8 atom stereocenters. The average molecular weight is 443 g/mol. The predicted octanol–water partition coefficient (Wildman–Crippen LogP) is 10.5. The summed E-state index contributed by atoms with van der Waals surface area (Å²) in [5.74, 6) is 4.47. The van der Waals surface area contributed by atoms with E-state index >= 15 is 0 Å². The minimum Gasteiger partial charge on any atom is -0.100 e. The van der Waals surface area contributed by atoms with E-state index in [1.165, 1.54) is 82.6 Å². The Labute approximate surface area is 202 Å². The first kappa shape index (κ1) is 26.3. The molecule has 186 valence electrons. The van der Waals surface area contributed by atoms with Crippen LogP contribution in [0.4, 0.5) is 0 Å². The highest BCUT2D eigenvalue weighted by Crippen LogP contribution is 2.67. The summed E-state index contributed by atoms with van der Waals surface area (Å²) in [5.41, 5.74) is 3.55. The van der Waals surface area contributed by atoms with Crippen LogP contribution in [0.2, 0.25) is 0 Å². The van der Waals surface area contributed by atoms with Crippen LogP contribution in [0.3, 0.4) is 0 Å². The molecule has 32 heavy (non-hydrogen) atoms. The lowest BCUT2D eigenvalue weighted by Crippen LogP contribution is -2.56. The van der Waals surface area contributed by atoms with Gasteiger partial charge in [-0.3, -0.25) is 0 Å². The van der Waals surface area contributed by atoms with Crippen LogP contribution in [0.1, 0.15) is 139 Å². The van der Waals surface area contributed by atoms with Gasteiger partial charge in [0, 0.05) is 0 Å². The molecule has 0 amide bonds. The lowest BCUT2D eigenvalue weighted by molar-refractivity contribution is -0.150. The van der Waals surface area contributed by atoms with Crippen molar-refractivity contribution in [3.63, 3.8) is 0 Å². The fraction of sp³-hybridized carbons (Fsp3) is 0.938. The van der Waals surface area contributed by atoms with Crippen molar-refractivity contribution in [1.29, 1.82) is 0 Å². The standard InChI is InChI=1S/C32H58/c1-11-28-29(7,8)24(5)17-19-31(28,10)27-16-15-26-22-32(12-2,18-13-14-23(3)4)21-20-30(26,9)25(27)6/h24-28H,3,11-22H2,1-2,4-10H3. The summed E-state index contributed by atoms with van der Waals surface area (Å²) in [4.78, 5) is 0. The predicted molar refractivity (Wildman–Crippen MR) is 143 cm³/mol. The van der Waals surface area contributed by atoms with E-state index < -0.39 is 0 Å². The van der Waals surface area contributed by atoms with E-state index in [1.807, 2.05) is 0 Å². The van der Waals surface area contributed by atoms with Crippen LogP contribution in [0.15, 0.2) is 12.2 Å². The van der Waals surface area contributed by atoms with Gasteiger partial charge >= 0.3 is 0 Å². The molecule has 0 aromatic heterocycles. The first-order valence-corrected chi connectivity index (χ1v) is 14.5. The molecule has 3 saturated carbocycles. The van der Waals surface area contributed by atoms with Crippen LogP contribution in [-0.4, -0.2) is 0 Å². The Morgan fingerprint density at radius 2 is 1.59 bits per heavy atom. The third-order valence-electron chi connectivity index (χ3n) is 12.7. The number of fused-ring (bicyclic) bond motifs is 1. The molecule has 0 heterocycles. The maximum atomic E-state index is 4.16. The van der Waals surface area contributed by atoms with Crippen molar-refractivity contribution >= 4 is 0 Å². The lowest BCUT2D eigenvalue weighted by atomic mass is 9.41. The zero-order valence-corrected chi connectivity index (χ0v) is 23.6.